The minimum atomic E-state index is 0.205. The molecule has 14 heavy (non-hydrogen) atoms. The maximum Gasteiger partial charge on any atom is 0.0873 e. The summed E-state index contributed by atoms with van der Waals surface area (Å²) in [5.41, 5.74) is 2.75. The normalized spacial score (nSPS) is 17.0. The summed E-state index contributed by atoms with van der Waals surface area (Å²) < 4.78 is 0. The van der Waals surface area contributed by atoms with E-state index in [0.717, 1.165) is 6.54 Å². The van der Waals surface area contributed by atoms with Crippen LogP contribution in [0, 0.1) is 12.3 Å². The van der Waals surface area contributed by atoms with E-state index in [2.05, 4.69) is 42.0 Å². The Morgan fingerprint density at radius 2 is 2.21 bits per heavy atom. The van der Waals surface area contributed by atoms with Crippen LogP contribution in [0.1, 0.15) is 18.9 Å². The molecule has 1 aromatic carbocycles. The van der Waals surface area contributed by atoms with Crippen LogP contribution in [-0.4, -0.2) is 12.6 Å². The highest BCUT2D eigenvalue weighted by Crippen LogP contribution is 2.27. The van der Waals surface area contributed by atoms with Crippen molar-refractivity contribution >= 4 is 5.69 Å². The Hall–Kier alpha value is -1.42. The van der Waals surface area contributed by atoms with Crippen molar-refractivity contribution in [2.45, 2.75) is 25.8 Å². The molecule has 0 aliphatic carbocycles. The van der Waals surface area contributed by atoms with Crippen LogP contribution >= 0.6 is 0 Å². The van der Waals surface area contributed by atoms with Crippen molar-refractivity contribution in [1.29, 1.82) is 0 Å². The molecule has 0 fully saturated rings. The van der Waals surface area contributed by atoms with Crippen LogP contribution in [-0.2, 0) is 6.42 Å². The van der Waals surface area contributed by atoms with E-state index in [1.165, 1.54) is 24.1 Å². The zero-order valence-corrected chi connectivity index (χ0v) is 8.53. The number of benzene rings is 1. The van der Waals surface area contributed by atoms with Crippen molar-refractivity contribution in [2.24, 2.45) is 0 Å². The fourth-order valence-corrected chi connectivity index (χ4v) is 2.05. The molecule has 1 heteroatoms. The summed E-state index contributed by atoms with van der Waals surface area (Å²) in [6.45, 7) is 3.17. The summed E-state index contributed by atoms with van der Waals surface area (Å²) in [4.78, 5) is 2.32. The number of fused-ring (bicyclic) bond motifs is 1. The lowest BCUT2D eigenvalue weighted by molar-refractivity contribution is 0.666. The fraction of sp³-hybridized carbons (Fsp3) is 0.385. The van der Waals surface area contributed by atoms with Gasteiger partial charge in [0.1, 0.15) is 0 Å². The van der Waals surface area contributed by atoms with E-state index < -0.39 is 0 Å². The molecule has 1 aliphatic rings. The number of rotatable bonds is 1. The molecule has 1 atom stereocenters. The molecule has 0 saturated carbocycles. The molecule has 1 aliphatic heterocycles. The number of terminal acetylenes is 1. The van der Waals surface area contributed by atoms with Gasteiger partial charge >= 0.3 is 0 Å². The zero-order valence-electron chi connectivity index (χ0n) is 8.53. The van der Waals surface area contributed by atoms with Crippen LogP contribution in [0.2, 0.25) is 0 Å². The molecule has 0 spiro atoms. The number of aryl methyl sites for hydroxylation is 1. The first kappa shape index (κ1) is 9.15. The molecule has 0 bridgehead atoms. The summed E-state index contributed by atoms with van der Waals surface area (Å²) in [5, 5.41) is 0. The molecule has 0 N–H and O–H groups in total. The molecule has 72 valence electrons. The van der Waals surface area contributed by atoms with Crippen molar-refractivity contribution < 1.29 is 0 Å². The molecular weight excluding hydrogens is 170 g/mol. The van der Waals surface area contributed by atoms with E-state index >= 15 is 0 Å². The first-order chi connectivity index (χ1) is 6.83. The second-order valence-electron chi connectivity index (χ2n) is 3.77. The van der Waals surface area contributed by atoms with Gasteiger partial charge in [0.25, 0.3) is 0 Å². The highest BCUT2D eigenvalue weighted by atomic mass is 15.2. The van der Waals surface area contributed by atoms with E-state index in [-0.39, 0.29) is 6.04 Å². The molecule has 1 nitrogen and oxygen atoms in total. The largest absolute Gasteiger partial charge is 0.358 e. The minimum absolute atomic E-state index is 0.205. The van der Waals surface area contributed by atoms with Gasteiger partial charge in [-0.15, -0.1) is 6.42 Å². The van der Waals surface area contributed by atoms with E-state index in [9.17, 15) is 0 Å². The number of hydrogen-bond donors (Lipinski definition) is 0. The summed E-state index contributed by atoms with van der Waals surface area (Å²) in [5.74, 6) is 2.80. The van der Waals surface area contributed by atoms with Crippen LogP contribution < -0.4 is 4.90 Å². The third-order valence-corrected chi connectivity index (χ3v) is 2.85. The molecule has 1 heterocycles. The standard InChI is InChI=1S/C13H15N/c1-3-11(2)14-10-6-8-12-7-4-5-9-13(12)14/h1,4-5,7,9,11H,6,8,10H2,2H3. The topological polar surface area (TPSA) is 3.24 Å². The van der Waals surface area contributed by atoms with Gasteiger partial charge in [-0.25, -0.2) is 0 Å². The first-order valence-corrected chi connectivity index (χ1v) is 5.13. The summed E-state index contributed by atoms with van der Waals surface area (Å²) in [6, 6.07) is 8.76. The minimum Gasteiger partial charge on any atom is -0.358 e. The van der Waals surface area contributed by atoms with E-state index in [4.69, 9.17) is 6.42 Å². The Balaban J connectivity index is 2.36. The molecule has 0 saturated heterocycles. The van der Waals surface area contributed by atoms with Crippen LogP contribution in [0.5, 0.6) is 0 Å². The fourth-order valence-electron chi connectivity index (χ4n) is 2.05. The van der Waals surface area contributed by atoms with Gasteiger partial charge in [-0.1, -0.05) is 24.1 Å². The van der Waals surface area contributed by atoms with E-state index in [0.29, 0.717) is 0 Å². The Labute approximate surface area is 85.7 Å². The summed E-state index contributed by atoms with van der Waals surface area (Å²) in [7, 11) is 0. The van der Waals surface area contributed by atoms with Crippen LogP contribution in [0.25, 0.3) is 0 Å². The second-order valence-corrected chi connectivity index (χ2v) is 3.77. The molecular formula is C13H15N. The molecule has 0 amide bonds. The monoisotopic (exact) mass is 185 g/mol. The van der Waals surface area contributed by atoms with Gasteiger partial charge in [-0.05, 0) is 31.4 Å². The predicted octanol–water partition coefficient (Wildman–Crippen LogP) is 2.46. The third kappa shape index (κ3) is 1.48. The Kier molecular flexibility index (Phi) is 2.45. The Morgan fingerprint density at radius 1 is 1.43 bits per heavy atom. The van der Waals surface area contributed by atoms with Crippen LogP contribution in [0.4, 0.5) is 5.69 Å². The summed E-state index contributed by atoms with van der Waals surface area (Å²) in [6.07, 6.45) is 7.86. The van der Waals surface area contributed by atoms with E-state index in [1.807, 2.05) is 0 Å². The van der Waals surface area contributed by atoms with Crippen LogP contribution in [0.15, 0.2) is 24.3 Å². The quantitative estimate of drug-likeness (QED) is 0.607. The number of anilines is 1. The van der Waals surface area contributed by atoms with Gasteiger partial charge < -0.3 is 4.90 Å². The average Bonchev–Trinajstić information content (AvgIpc) is 2.27. The van der Waals surface area contributed by atoms with Crippen molar-refractivity contribution in [3.63, 3.8) is 0 Å². The number of nitrogens with zero attached hydrogens (tertiary/aromatic N) is 1. The van der Waals surface area contributed by atoms with Crippen LogP contribution in [0.3, 0.4) is 0 Å². The predicted molar refractivity (Wildman–Crippen MR) is 60.4 cm³/mol. The number of para-hydroxylation sites is 1. The molecule has 0 radical (unpaired) electrons. The zero-order chi connectivity index (χ0) is 9.97. The van der Waals surface area contributed by atoms with E-state index in [1.54, 1.807) is 0 Å². The van der Waals surface area contributed by atoms with Gasteiger partial charge in [-0.2, -0.15) is 0 Å². The molecule has 2 rings (SSSR count). The van der Waals surface area contributed by atoms with Gasteiger partial charge in [0.05, 0.1) is 6.04 Å². The molecule has 0 aromatic heterocycles. The van der Waals surface area contributed by atoms with Gasteiger partial charge in [0, 0.05) is 12.2 Å². The lowest BCUT2D eigenvalue weighted by Crippen LogP contribution is -2.36. The smallest absolute Gasteiger partial charge is 0.0873 e. The second kappa shape index (κ2) is 3.75. The van der Waals surface area contributed by atoms with Crippen molar-refractivity contribution in [3.05, 3.63) is 29.8 Å². The third-order valence-electron chi connectivity index (χ3n) is 2.85. The molecule has 1 aromatic rings. The lowest BCUT2D eigenvalue weighted by atomic mass is 10.0. The Morgan fingerprint density at radius 3 is 3.00 bits per heavy atom. The van der Waals surface area contributed by atoms with Gasteiger partial charge in [-0.3, -0.25) is 0 Å². The maximum atomic E-state index is 5.47. The molecule has 1 unspecified atom stereocenters. The SMILES string of the molecule is C#CC(C)N1CCCc2ccccc21. The maximum absolute atomic E-state index is 5.47. The van der Waals surface area contributed by atoms with Crippen molar-refractivity contribution in [2.75, 3.05) is 11.4 Å². The first-order valence-electron chi connectivity index (χ1n) is 5.13. The van der Waals surface area contributed by atoms with Crippen molar-refractivity contribution in [1.82, 2.24) is 0 Å². The Bertz CT molecular complexity index is 362. The average molecular weight is 185 g/mol. The van der Waals surface area contributed by atoms with Gasteiger partial charge in [0.2, 0.25) is 0 Å². The van der Waals surface area contributed by atoms with Crippen molar-refractivity contribution in [3.8, 4) is 12.3 Å². The highest BCUT2D eigenvalue weighted by molar-refractivity contribution is 5.57. The summed E-state index contributed by atoms with van der Waals surface area (Å²) >= 11 is 0. The highest BCUT2D eigenvalue weighted by Gasteiger charge is 2.18. The van der Waals surface area contributed by atoms with Gasteiger partial charge in [0.15, 0.2) is 0 Å². The number of hydrogen-bond acceptors (Lipinski definition) is 1. The lowest BCUT2D eigenvalue weighted by Gasteiger charge is -2.33.